The van der Waals surface area contributed by atoms with Crippen molar-refractivity contribution in [3.8, 4) is 5.82 Å². The van der Waals surface area contributed by atoms with E-state index < -0.39 is 23.9 Å². The zero-order chi connectivity index (χ0) is 19.6. The average molecular weight is 440 g/mol. The molecule has 1 unspecified atom stereocenters. The Morgan fingerprint density at radius 2 is 2.15 bits per heavy atom. The summed E-state index contributed by atoms with van der Waals surface area (Å²) in [7, 11) is 0. The second-order valence-corrected chi connectivity index (χ2v) is 6.29. The SMILES string of the molecule is CC(=O)OCC1=C(OC(C)=O)CC(n2cc(Br)c(-n3cncn3)nc2=O)O1. The van der Waals surface area contributed by atoms with Gasteiger partial charge in [0.1, 0.15) is 12.7 Å². The van der Waals surface area contributed by atoms with Gasteiger partial charge in [-0.3, -0.25) is 14.2 Å². The van der Waals surface area contributed by atoms with Crippen molar-refractivity contribution in [3.63, 3.8) is 0 Å². The molecule has 0 radical (unpaired) electrons. The number of ether oxygens (including phenoxy) is 3. The maximum Gasteiger partial charge on any atom is 0.352 e. The van der Waals surface area contributed by atoms with Crippen molar-refractivity contribution >= 4 is 27.9 Å². The van der Waals surface area contributed by atoms with Crippen LogP contribution in [0.4, 0.5) is 0 Å². The quantitative estimate of drug-likeness (QED) is 0.622. The first-order chi connectivity index (χ1) is 12.8. The van der Waals surface area contributed by atoms with Crippen LogP contribution in [0, 0.1) is 0 Å². The van der Waals surface area contributed by atoms with Gasteiger partial charge < -0.3 is 14.2 Å². The van der Waals surface area contributed by atoms with Crippen LogP contribution in [0.1, 0.15) is 26.5 Å². The zero-order valence-electron chi connectivity index (χ0n) is 14.3. The summed E-state index contributed by atoms with van der Waals surface area (Å²) in [5, 5.41) is 3.93. The molecule has 0 N–H and O–H groups in total. The number of aromatic nitrogens is 5. The molecule has 0 aliphatic carbocycles. The summed E-state index contributed by atoms with van der Waals surface area (Å²) in [6.45, 7) is 2.27. The minimum Gasteiger partial charge on any atom is -0.467 e. The summed E-state index contributed by atoms with van der Waals surface area (Å²) in [4.78, 5) is 42.6. The molecule has 0 saturated carbocycles. The zero-order valence-corrected chi connectivity index (χ0v) is 15.9. The third kappa shape index (κ3) is 4.22. The Kier molecular flexibility index (Phi) is 5.35. The number of rotatable bonds is 5. The Hall–Kier alpha value is -3.02. The van der Waals surface area contributed by atoms with Crippen molar-refractivity contribution in [2.45, 2.75) is 26.5 Å². The van der Waals surface area contributed by atoms with Gasteiger partial charge in [0.05, 0.1) is 10.9 Å². The first-order valence-electron chi connectivity index (χ1n) is 7.69. The van der Waals surface area contributed by atoms with E-state index in [1.54, 1.807) is 0 Å². The van der Waals surface area contributed by atoms with Crippen molar-refractivity contribution in [1.82, 2.24) is 24.3 Å². The minimum atomic E-state index is -0.814. The van der Waals surface area contributed by atoms with Crippen molar-refractivity contribution in [2.75, 3.05) is 6.61 Å². The molecule has 0 amide bonds. The van der Waals surface area contributed by atoms with Gasteiger partial charge in [0.15, 0.2) is 30.2 Å². The van der Waals surface area contributed by atoms with Crippen molar-refractivity contribution in [1.29, 1.82) is 0 Å². The average Bonchev–Trinajstić information content (AvgIpc) is 3.24. The summed E-state index contributed by atoms with van der Waals surface area (Å²) in [6.07, 6.45) is 3.48. The van der Waals surface area contributed by atoms with Gasteiger partial charge in [0.25, 0.3) is 0 Å². The van der Waals surface area contributed by atoms with E-state index in [1.807, 2.05) is 0 Å². The fourth-order valence-corrected chi connectivity index (χ4v) is 2.87. The predicted molar refractivity (Wildman–Crippen MR) is 91.3 cm³/mol. The number of nitrogens with zero attached hydrogens (tertiary/aromatic N) is 5. The summed E-state index contributed by atoms with van der Waals surface area (Å²) >= 11 is 3.34. The fraction of sp³-hybridized carbons (Fsp3) is 0.333. The van der Waals surface area contributed by atoms with Crippen LogP contribution in [0.5, 0.6) is 0 Å². The molecule has 2 aromatic rings. The standard InChI is InChI=1S/C15H14BrN5O6/c1-8(22)25-5-12-11(26-9(2)23)3-13(27-12)20-4-10(16)14(19-15(20)24)21-7-17-6-18-21/h4,6-7,13H,3,5H2,1-2H3. The van der Waals surface area contributed by atoms with E-state index in [4.69, 9.17) is 14.2 Å². The molecule has 27 heavy (non-hydrogen) atoms. The van der Waals surface area contributed by atoms with Gasteiger partial charge in [-0.2, -0.15) is 10.1 Å². The number of hydrogen-bond donors (Lipinski definition) is 0. The molecule has 3 heterocycles. The molecule has 2 aromatic heterocycles. The number of halogens is 1. The monoisotopic (exact) mass is 439 g/mol. The molecule has 0 aromatic carbocycles. The molecule has 0 bridgehead atoms. The van der Waals surface area contributed by atoms with Gasteiger partial charge in [-0.15, -0.1) is 0 Å². The highest BCUT2D eigenvalue weighted by Crippen LogP contribution is 2.33. The Balaban J connectivity index is 1.87. The van der Waals surface area contributed by atoms with Crippen LogP contribution in [0.3, 0.4) is 0 Å². The summed E-state index contributed by atoms with van der Waals surface area (Å²) in [6, 6.07) is 0. The molecular formula is C15H14BrN5O6. The topological polar surface area (TPSA) is 127 Å². The van der Waals surface area contributed by atoms with E-state index in [-0.39, 0.29) is 30.4 Å². The van der Waals surface area contributed by atoms with Gasteiger partial charge in [-0.05, 0) is 15.9 Å². The summed E-state index contributed by atoms with van der Waals surface area (Å²) in [5.74, 6) is -0.454. The molecule has 3 rings (SSSR count). The predicted octanol–water partition coefficient (Wildman–Crippen LogP) is 0.843. The van der Waals surface area contributed by atoms with E-state index in [0.29, 0.717) is 4.47 Å². The summed E-state index contributed by atoms with van der Waals surface area (Å²) < 4.78 is 18.7. The van der Waals surface area contributed by atoms with E-state index >= 15 is 0 Å². The maximum atomic E-state index is 12.5. The van der Waals surface area contributed by atoms with Gasteiger partial charge in [0, 0.05) is 20.0 Å². The first kappa shape index (κ1) is 18.8. The Labute approximate surface area is 160 Å². The van der Waals surface area contributed by atoms with Crippen molar-refractivity contribution < 1.29 is 23.8 Å². The molecule has 1 aliphatic rings. The van der Waals surface area contributed by atoms with Crippen LogP contribution in [-0.2, 0) is 23.8 Å². The fourth-order valence-electron chi connectivity index (χ4n) is 2.37. The molecule has 0 spiro atoms. The third-order valence-corrected chi connectivity index (χ3v) is 4.02. The van der Waals surface area contributed by atoms with Gasteiger partial charge in [-0.25, -0.2) is 14.5 Å². The first-order valence-corrected chi connectivity index (χ1v) is 8.48. The third-order valence-electron chi connectivity index (χ3n) is 3.46. The lowest BCUT2D eigenvalue weighted by molar-refractivity contribution is -0.141. The van der Waals surface area contributed by atoms with Crippen molar-refractivity contribution in [3.05, 3.63) is 45.3 Å². The number of esters is 2. The van der Waals surface area contributed by atoms with Crippen LogP contribution in [0.15, 0.2) is 39.6 Å². The smallest absolute Gasteiger partial charge is 0.352 e. The minimum absolute atomic E-state index is 0.0902. The molecule has 12 heteroatoms. The second-order valence-electron chi connectivity index (χ2n) is 5.44. The van der Waals surface area contributed by atoms with E-state index in [2.05, 4.69) is 31.0 Å². The largest absolute Gasteiger partial charge is 0.467 e. The lowest BCUT2D eigenvalue weighted by Gasteiger charge is -2.16. The van der Waals surface area contributed by atoms with Gasteiger partial charge in [-0.1, -0.05) is 0 Å². The Morgan fingerprint density at radius 3 is 2.78 bits per heavy atom. The van der Waals surface area contributed by atoms with Gasteiger partial charge in [0.2, 0.25) is 0 Å². The van der Waals surface area contributed by atoms with E-state index in [9.17, 15) is 14.4 Å². The normalized spacial score (nSPS) is 16.2. The highest BCUT2D eigenvalue weighted by molar-refractivity contribution is 9.10. The lowest BCUT2D eigenvalue weighted by Crippen LogP contribution is -2.28. The molecule has 1 aliphatic heterocycles. The second kappa shape index (κ2) is 7.70. The Morgan fingerprint density at radius 1 is 1.37 bits per heavy atom. The van der Waals surface area contributed by atoms with Crippen molar-refractivity contribution in [2.24, 2.45) is 0 Å². The van der Waals surface area contributed by atoms with E-state index in [1.165, 1.54) is 41.9 Å². The van der Waals surface area contributed by atoms with E-state index in [0.717, 1.165) is 0 Å². The van der Waals surface area contributed by atoms with Gasteiger partial charge >= 0.3 is 17.6 Å². The highest BCUT2D eigenvalue weighted by Gasteiger charge is 2.31. The van der Waals surface area contributed by atoms with Crippen LogP contribution < -0.4 is 5.69 Å². The highest BCUT2D eigenvalue weighted by atomic mass is 79.9. The molecular weight excluding hydrogens is 426 g/mol. The molecule has 0 fully saturated rings. The Bertz CT molecular complexity index is 968. The van der Waals surface area contributed by atoms with Crippen LogP contribution >= 0.6 is 15.9 Å². The van der Waals surface area contributed by atoms with Crippen LogP contribution in [-0.4, -0.2) is 42.9 Å². The summed E-state index contributed by atoms with van der Waals surface area (Å²) in [5.41, 5.74) is -0.607. The number of hydrogen-bond acceptors (Lipinski definition) is 9. The number of carbonyl (C=O) groups excluding carboxylic acids is 2. The number of carbonyl (C=O) groups is 2. The molecule has 0 saturated heterocycles. The maximum absolute atomic E-state index is 12.5. The van der Waals surface area contributed by atoms with Crippen LogP contribution in [0.25, 0.3) is 5.82 Å². The van der Waals surface area contributed by atoms with Crippen LogP contribution in [0.2, 0.25) is 0 Å². The lowest BCUT2D eigenvalue weighted by atomic mass is 10.3. The molecule has 142 valence electrons. The molecule has 11 nitrogen and oxygen atoms in total. The molecule has 1 atom stereocenters.